The van der Waals surface area contributed by atoms with Crippen molar-refractivity contribution in [3.63, 3.8) is 0 Å². The van der Waals surface area contributed by atoms with E-state index in [0.717, 1.165) is 24.3 Å². The van der Waals surface area contributed by atoms with Crippen LogP contribution in [0, 0.1) is 5.82 Å². The van der Waals surface area contributed by atoms with E-state index in [4.69, 9.17) is 11.6 Å². The van der Waals surface area contributed by atoms with Crippen LogP contribution in [0.1, 0.15) is 5.56 Å². The molecule has 0 saturated heterocycles. The van der Waals surface area contributed by atoms with Crippen molar-refractivity contribution in [2.45, 2.75) is 11.3 Å². The minimum Gasteiger partial charge on any atom is -0.277 e. The highest BCUT2D eigenvalue weighted by Gasteiger charge is 2.15. The third-order valence-corrected chi connectivity index (χ3v) is 4.39. The molecule has 0 unspecified atom stereocenters. The van der Waals surface area contributed by atoms with Gasteiger partial charge in [0.25, 0.3) is 10.0 Å². The number of hydrogen-bond acceptors (Lipinski definition) is 3. The summed E-state index contributed by atoms with van der Waals surface area (Å²) in [6.45, 7) is 0. The van der Waals surface area contributed by atoms with Gasteiger partial charge in [0.15, 0.2) is 0 Å². The van der Waals surface area contributed by atoms with Crippen molar-refractivity contribution < 1.29 is 17.6 Å². The van der Waals surface area contributed by atoms with E-state index in [1.54, 1.807) is 24.3 Å². The molecule has 2 aromatic carbocycles. The molecule has 2 N–H and O–H groups in total. The summed E-state index contributed by atoms with van der Waals surface area (Å²) < 4.78 is 36.6. The maximum absolute atomic E-state index is 12.8. The largest absolute Gasteiger partial charge is 0.277 e. The van der Waals surface area contributed by atoms with Crippen LogP contribution in [0.4, 0.5) is 4.39 Å². The molecule has 2 aromatic rings. The number of hydrazine groups is 1. The lowest BCUT2D eigenvalue weighted by Crippen LogP contribution is -2.42. The van der Waals surface area contributed by atoms with Crippen LogP contribution >= 0.6 is 11.6 Å². The molecule has 1 amide bonds. The number of nitrogens with one attached hydrogen (secondary N) is 2. The SMILES string of the molecule is O=C(Cc1ccccc1Cl)NNS(=O)(=O)c1ccc(F)cc1. The molecule has 0 aliphatic heterocycles. The molecule has 5 nitrogen and oxygen atoms in total. The third kappa shape index (κ3) is 4.27. The number of amides is 1. The summed E-state index contributed by atoms with van der Waals surface area (Å²) in [7, 11) is -3.96. The number of carbonyl (C=O) groups is 1. The average Bonchev–Trinajstić information content (AvgIpc) is 2.48. The summed E-state index contributed by atoms with van der Waals surface area (Å²) >= 11 is 5.91. The Morgan fingerprint density at radius 2 is 1.73 bits per heavy atom. The van der Waals surface area contributed by atoms with E-state index in [-0.39, 0.29) is 11.3 Å². The molecule has 0 saturated carbocycles. The molecule has 22 heavy (non-hydrogen) atoms. The normalized spacial score (nSPS) is 11.2. The van der Waals surface area contributed by atoms with Crippen LogP contribution in [-0.4, -0.2) is 14.3 Å². The number of sulfonamides is 1. The number of rotatable bonds is 5. The zero-order valence-corrected chi connectivity index (χ0v) is 12.8. The highest BCUT2D eigenvalue weighted by atomic mass is 35.5. The van der Waals surface area contributed by atoms with Crippen LogP contribution in [0.15, 0.2) is 53.4 Å². The van der Waals surface area contributed by atoms with E-state index < -0.39 is 21.7 Å². The maximum Gasteiger partial charge on any atom is 0.257 e. The monoisotopic (exact) mass is 342 g/mol. The lowest BCUT2D eigenvalue weighted by molar-refractivity contribution is -0.120. The summed E-state index contributed by atoms with van der Waals surface area (Å²) in [4.78, 5) is 13.5. The Hall–Kier alpha value is -1.96. The first-order valence-electron chi connectivity index (χ1n) is 6.18. The molecule has 0 aliphatic rings. The molecule has 0 spiro atoms. The Kier molecular flexibility index (Phi) is 5.12. The number of benzene rings is 2. The van der Waals surface area contributed by atoms with Gasteiger partial charge < -0.3 is 0 Å². The molecule has 2 rings (SSSR count). The Labute approximate surface area is 132 Å². The number of hydrogen-bond donors (Lipinski definition) is 2. The van der Waals surface area contributed by atoms with Gasteiger partial charge >= 0.3 is 0 Å². The summed E-state index contributed by atoms with van der Waals surface area (Å²) in [6, 6.07) is 11.0. The lowest BCUT2D eigenvalue weighted by Gasteiger charge is -2.09. The van der Waals surface area contributed by atoms with E-state index >= 15 is 0 Å². The minimum atomic E-state index is -3.96. The average molecular weight is 343 g/mol. The van der Waals surface area contributed by atoms with Crippen LogP contribution in [0.5, 0.6) is 0 Å². The van der Waals surface area contributed by atoms with Crippen molar-refractivity contribution in [2.75, 3.05) is 0 Å². The molecule has 0 bridgehead atoms. The van der Waals surface area contributed by atoms with Gasteiger partial charge in [-0.25, -0.2) is 12.8 Å². The molecule has 0 aliphatic carbocycles. The lowest BCUT2D eigenvalue weighted by atomic mass is 10.1. The second kappa shape index (κ2) is 6.87. The fourth-order valence-corrected chi connectivity index (χ4v) is 2.72. The van der Waals surface area contributed by atoms with Gasteiger partial charge in [-0.05, 0) is 35.9 Å². The van der Waals surface area contributed by atoms with Gasteiger partial charge in [-0.15, -0.1) is 4.83 Å². The van der Waals surface area contributed by atoms with Crippen molar-refractivity contribution in [2.24, 2.45) is 0 Å². The molecule has 0 radical (unpaired) electrons. The highest BCUT2D eigenvalue weighted by Crippen LogP contribution is 2.15. The van der Waals surface area contributed by atoms with Gasteiger partial charge in [-0.2, -0.15) is 0 Å². The zero-order chi connectivity index (χ0) is 16.2. The zero-order valence-electron chi connectivity index (χ0n) is 11.2. The predicted octanol–water partition coefficient (Wildman–Crippen LogP) is 2.03. The van der Waals surface area contributed by atoms with Crippen LogP contribution in [0.3, 0.4) is 0 Å². The minimum absolute atomic E-state index is 0.0778. The second-order valence-electron chi connectivity index (χ2n) is 4.38. The topological polar surface area (TPSA) is 75.3 Å². The van der Waals surface area contributed by atoms with Crippen LogP contribution in [0.2, 0.25) is 5.02 Å². The molecule has 0 aromatic heterocycles. The first-order valence-corrected chi connectivity index (χ1v) is 8.04. The summed E-state index contributed by atoms with van der Waals surface area (Å²) in [5, 5.41) is 0.416. The molecular weight excluding hydrogens is 331 g/mol. The fraction of sp³-hybridized carbons (Fsp3) is 0.0714. The standard InChI is InChI=1S/C14H12ClFN2O3S/c15-13-4-2-1-3-10(13)9-14(19)17-18-22(20,21)12-7-5-11(16)6-8-12/h1-8,18H,9H2,(H,17,19). The first-order chi connectivity index (χ1) is 10.4. The van der Waals surface area contributed by atoms with Crippen molar-refractivity contribution in [1.29, 1.82) is 0 Å². The Morgan fingerprint density at radius 3 is 2.36 bits per heavy atom. The van der Waals surface area contributed by atoms with Crippen molar-refractivity contribution >= 4 is 27.5 Å². The van der Waals surface area contributed by atoms with Gasteiger partial charge in [0.05, 0.1) is 11.3 Å². The third-order valence-electron chi connectivity index (χ3n) is 2.76. The predicted molar refractivity (Wildman–Crippen MR) is 80.0 cm³/mol. The van der Waals surface area contributed by atoms with E-state index in [2.05, 4.69) is 5.43 Å². The molecule has 0 fully saturated rings. The summed E-state index contributed by atoms with van der Waals surface area (Å²) in [5.74, 6) is -1.12. The van der Waals surface area contributed by atoms with E-state index in [1.807, 2.05) is 4.83 Å². The number of halogens is 2. The Morgan fingerprint density at radius 1 is 1.09 bits per heavy atom. The van der Waals surface area contributed by atoms with E-state index in [9.17, 15) is 17.6 Å². The van der Waals surface area contributed by atoms with Crippen molar-refractivity contribution in [1.82, 2.24) is 10.3 Å². The molecule has 0 heterocycles. The molecule has 116 valence electrons. The Balaban J connectivity index is 1.98. The maximum atomic E-state index is 12.8. The van der Waals surface area contributed by atoms with Gasteiger partial charge in [0, 0.05) is 5.02 Å². The van der Waals surface area contributed by atoms with Gasteiger partial charge in [0.2, 0.25) is 5.91 Å². The second-order valence-corrected chi connectivity index (χ2v) is 6.47. The summed E-state index contributed by atoms with van der Waals surface area (Å²) in [6.07, 6.45) is -0.0778. The highest BCUT2D eigenvalue weighted by molar-refractivity contribution is 7.89. The quantitative estimate of drug-likeness (QED) is 0.816. The van der Waals surface area contributed by atoms with E-state index in [1.165, 1.54) is 0 Å². The van der Waals surface area contributed by atoms with Gasteiger partial charge in [-0.3, -0.25) is 10.2 Å². The first kappa shape index (κ1) is 16.4. The smallest absolute Gasteiger partial charge is 0.257 e. The van der Waals surface area contributed by atoms with Crippen LogP contribution in [-0.2, 0) is 21.2 Å². The number of carbonyl (C=O) groups excluding carboxylic acids is 1. The van der Waals surface area contributed by atoms with E-state index in [0.29, 0.717) is 10.6 Å². The van der Waals surface area contributed by atoms with Gasteiger partial charge in [0.1, 0.15) is 5.82 Å². The van der Waals surface area contributed by atoms with Crippen molar-refractivity contribution in [3.05, 3.63) is 64.9 Å². The molecule has 8 heteroatoms. The molecular formula is C14H12ClFN2O3S. The molecule has 0 atom stereocenters. The fourth-order valence-electron chi connectivity index (χ4n) is 1.66. The van der Waals surface area contributed by atoms with Crippen LogP contribution < -0.4 is 10.3 Å². The van der Waals surface area contributed by atoms with Crippen molar-refractivity contribution in [3.8, 4) is 0 Å². The Bertz CT molecular complexity index is 779. The van der Waals surface area contributed by atoms with Gasteiger partial charge in [-0.1, -0.05) is 29.8 Å². The van der Waals surface area contributed by atoms with Crippen LogP contribution in [0.25, 0.3) is 0 Å². The summed E-state index contributed by atoms with van der Waals surface area (Å²) in [5.41, 5.74) is 2.65.